The quantitative estimate of drug-likeness (QED) is 0.815. The molecule has 0 atom stereocenters. The fourth-order valence-corrected chi connectivity index (χ4v) is 1.86. The van der Waals surface area contributed by atoms with Crippen molar-refractivity contribution in [3.63, 3.8) is 0 Å². The van der Waals surface area contributed by atoms with E-state index in [1.165, 1.54) is 5.69 Å². The second kappa shape index (κ2) is 6.47. The third kappa shape index (κ3) is 5.27. The van der Waals surface area contributed by atoms with Crippen molar-refractivity contribution in [3.05, 3.63) is 23.3 Å². The van der Waals surface area contributed by atoms with Crippen LogP contribution in [0, 0.1) is 0 Å². The van der Waals surface area contributed by atoms with Gasteiger partial charge in [0, 0.05) is 22.7 Å². The summed E-state index contributed by atoms with van der Waals surface area (Å²) in [5.74, 6) is 1.36. The van der Waals surface area contributed by atoms with E-state index in [2.05, 4.69) is 59.7 Å². The van der Waals surface area contributed by atoms with Crippen molar-refractivity contribution in [2.45, 2.75) is 58.8 Å². The Bertz CT molecular complexity index is 403. The zero-order valence-corrected chi connectivity index (χ0v) is 13.6. The fraction of sp³-hybridized carbons (Fsp3) is 0.750. The van der Waals surface area contributed by atoms with Gasteiger partial charge in [-0.05, 0) is 39.5 Å². The number of aryl methyl sites for hydroxylation is 1. The maximum absolute atomic E-state index is 4.73. The zero-order valence-electron chi connectivity index (χ0n) is 13.6. The summed E-state index contributed by atoms with van der Waals surface area (Å²) < 4.78 is 0. The van der Waals surface area contributed by atoms with Gasteiger partial charge in [-0.2, -0.15) is 0 Å². The van der Waals surface area contributed by atoms with Gasteiger partial charge in [0.15, 0.2) is 0 Å². The summed E-state index contributed by atoms with van der Waals surface area (Å²) >= 11 is 0. The van der Waals surface area contributed by atoms with Crippen molar-refractivity contribution in [2.24, 2.45) is 0 Å². The Kier molecular flexibility index (Phi) is 5.48. The molecule has 0 bridgehead atoms. The first-order valence-corrected chi connectivity index (χ1v) is 7.23. The molecule has 0 fully saturated rings. The van der Waals surface area contributed by atoms with Gasteiger partial charge in [0.1, 0.15) is 5.82 Å². The molecule has 0 aliphatic carbocycles. The van der Waals surface area contributed by atoms with Crippen LogP contribution in [0.3, 0.4) is 0 Å². The monoisotopic (exact) mass is 263 g/mol. The fourth-order valence-electron chi connectivity index (χ4n) is 1.86. The normalized spacial score (nSPS) is 12.5. The molecule has 0 amide bonds. The van der Waals surface area contributed by atoms with Crippen molar-refractivity contribution >= 4 is 0 Å². The highest BCUT2D eigenvalue weighted by Crippen LogP contribution is 2.23. The van der Waals surface area contributed by atoms with E-state index in [0.29, 0.717) is 5.92 Å². The van der Waals surface area contributed by atoms with Gasteiger partial charge < -0.3 is 4.90 Å². The van der Waals surface area contributed by atoms with Crippen LogP contribution in [0.1, 0.15) is 64.2 Å². The van der Waals surface area contributed by atoms with Gasteiger partial charge >= 0.3 is 0 Å². The highest BCUT2D eigenvalue weighted by atomic mass is 15.0. The van der Waals surface area contributed by atoms with E-state index in [9.17, 15) is 0 Å². The number of aromatic nitrogens is 2. The standard InChI is InChI=1S/C16H29N3/c1-12(2)15-17-13(9-8-10-19(6)7)11-14(18-15)16(3,4)5/h11-12H,8-10H2,1-7H3. The second-order valence-corrected chi connectivity index (χ2v) is 6.91. The molecule has 0 aromatic carbocycles. The van der Waals surface area contributed by atoms with Crippen LogP contribution < -0.4 is 0 Å². The second-order valence-electron chi connectivity index (χ2n) is 6.91. The number of nitrogens with zero attached hydrogens (tertiary/aromatic N) is 3. The van der Waals surface area contributed by atoms with Crippen LogP contribution in [-0.4, -0.2) is 35.5 Å². The Morgan fingerprint density at radius 1 is 1.16 bits per heavy atom. The summed E-state index contributed by atoms with van der Waals surface area (Å²) in [7, 11) is 4.22. The van der Waals surface area contributed by atoms with Crippen molar-refractivity contribution in [1.82, 2.24) is 14.9 Å². The third-order valence-corrected chi connectivity index (χ3v) is 3.12. The number of hydrogen-bond donors (Lipinski definition) is 0. The molecule has 0 aliphatic heterocycles. The molecule has 0 saturated heterocycles. The smallest absolute Gasteiger partial charge is 0.131 e. The van der Waals surface area contributed by atoms with E-state index in [4.69, 9.17) is 9.97 Å². The lowest BCUT2D eigenvalue weighted by Gasteiger charge is -2.20. The van der Waals surface area contributed by atoms with Gasteiger partial charge in [-0.3, -0.25) is 0 Å². The average molecular weight is 263 g/mol. The van der Waals surface area contributed by atoms with E-state index in [1.54, 1.807) is 0 Å². The molecule has 3 heteroatoms. The molecule has 0 unspecified atom stereocenters. The number of hydrogen-bond acceptors (Lipinski definition) is 3. The van der Waals surface area contributed by atoms with E-state index < -0.39 is 0 Å². The van der Waals surface area contributed by atoms with Crippen LogP contribution >= 0.6 is 0 Å². The van der Waals surface area contributed by atoms with Crippen molar-refractivity contribution < 1.29 is 0 Å². The lowest BCUT2D eigenvalue weighted by Crippen LogP contribution is -2.18. The van der Waals surface area contributed by atoms with E-state index in [0.717, 1.165) is 30.9 Å². The molecule has 0 spiro atoms. The zero-order chi connectivity index (χ0) is 14.6. The van der Waals surface area contributed by atoms with Crippen molar-refractivity contribution in [2.75, 3.05) is 20.6 Å². The predicted molar refractivity (Wildman–Crippen MR) is 81.7 cm³/mol. The van der Waals surface area contributed by atoms with Gasteiger partial charge in [0.05, 0.1) is 0 Å². The Hall–Kier alpha value is -0.960. The first kappa shape index (κ1) is 16.1. The van der Waals surface area contributed by atoms with E-state index in [-0.39, 0.29) is 5.41 Å². The molecule has 108 valence electrons. The van der Waals surface area contributed by atoms with Crippen LogP contribution in [0.4, 0.5) is 0 Å². The highest BCUT2D eigenvalue weighted by Gasteiger charge is 2.18. The molecule has 1 rings (SSSR count). The minimum atomic E-state index is 0.0862. The van der Waals surface area contributed by atoms with Crippen LogP contribution in [0.25, 0.3) is 0 Å². The average Bonchev–Trinajstić information content (AvgIpc) is 2.26. The summed E-state index contributed by atoms with van der Waals surface area (Å²) in [6, 6.07) is 2.18. The van der Waals surface area contributed by atoms with Gasteiger partial charge in [0.2, 0.25) is 0 Å². The molecule has 3 nitrogen and oxygen atoms in total. The minimum absolute atomic E-state index is 0.0862. The summed E-state index contributed by atoms with van der Waals surface area (Å²) in [5.41, 5.74) is 2.43. The first-order chi connectivity index (χ1) is 8.70. The van der Waals surface area contributed by atoms with Gasteiger partial charge in [0.25, 0.3) is 0 Å². The maximum Gasteiger partial charge on any atom is 0.131 e. The lowest BCUT2D eigenvalue weighted by molar-refractivity contribution is 0.399. The molecule has 1 heterocycles. The highest BCUT2D eigenvalue weighted by molar-refractivity contribution is 5.19. The SMILES string of the molecule is CC(C)c1nc(CCCN(C)C)cc(C(C)(C)C)n1. The Labute approximate surface area is 118 Å². The Morgan fingerprint density at radius 2 is 1.79 bits per heavy atom. The van der Waals surface area contributed by atoms with E-state index >= 15 is 0 Å². The molecule has 0 saturated carbocycles. The Morgan fingerprint density at radius 3 is 2.26 bits per heavy atom. The number of rotatable bonds is 5. The Balaban J connectivity index is 2.94. The van der Waals surface area contributed by atoms with E-state index in [1.807, 2.05) is 0 Å². The maximum atomic E-state index is 4.73. The lowest BCUT2D eigenvalue weighted by atomic mass is 9.91. The molecule has 19 heavy (non-hydrogen) atoms. The van der Waals surface area contributed by atoms with Gasteiger partial charge in [-0.25, -0.2) is 9.97 Å². The summed E-state index contributed by atoms with van der Waals surface area (Å²) in [4.78, 5) is 11.7. The van der Waals surface area contributed by atoms with Gasteiger partial charge in [-0.1, -0.05) is 34.6 Å². The van der Waals surface area contributed by atoms with Crippen molar-refractivity contribution in [1.29, 1.82) is 0 Å². The summed E-state index contributed by atoms with van der Waals surface area (Å²) in [6.07, 6.45) is 2.18. The van der Waals surface area contributed by atoms with Crippen LogP contribution in [0.15, 0.2) is 6.07 Å². The first-order valence-electron chi connectivity index (χ1n) is 7.23. The molecule has 0 aliphatic rings. The predicted octanol–water partition coefficient (Wildman–Crippen LogP) is 3.39. The van der Waals surface area contributed by atoms with Gasteiger partial charge in [-0.15, -0.1) is 0 Å². The summed E-state index contributed by atoms with van der Waals surface area (Å²) in [6.45, 7) is 12.1. The van der Waals surface area contributed by atoms with Crippen LogP contribution in [0.5, 0.6) is 0 Å². The topological polar surface area (TPSA) is 29.0 Å². The molecule has 0 N–H and O–H groups in total. The molecule has 1 aromatic rings. The van der Waals surface area contributed by atoms with Crippen LogP contribution in [0.2, 0.25) is 0 Å². The largest absolute Gasteiger partial charge is 0.309 e. The van der Waals surface area contributed by atoms with Crippen molar-refractivity contribution in [3.8, 4) is 0 Å². The molecule has 1 aromatic heterocycles. The molecule has 0 radical (unpaired) electrons. The molecular formula is C16H29N3. The minimum Gasteiger partial charge on any atom is -0.309 e. The third-order valence-electron chi connectivity index (χ3n) is 3.12. The molecular weight excluding hydrogens is 234 g/mol. The van der Waals surface area contributed by atoms with Crippen LogP contribution in [-0.2, 0) is 11.8 Å². The summed E-state index contributed by atoms with van der Waals surface area (Å²) in [5, 5.41) is 0.